The molecule has 1 aliphatic carbocycles. The first-order chi connectivity index (χ1) is 15.6. The van der Waals surface area contributed by atoms with Crippen LogP contribution in [-0.2, 0) is 11.3 Å². The number of nitrogens with one attached hydrogen (secondary N) is 2. The molecule has 186 valence electrons. The van der Waals surface area contributed by atoms with Crippen LogP contribution in [0.5, 0.6) is 0 Å². The number of hydrogen-bond acceptors (Lipinski definition) is 4. The molecular formula is C25H43IN6O. The number of anilines is 1. The Kier molecular flexibility index (Phi) is 12.3. The number of pyridine rings is 1. The number of carbonyl (C=O) groups excluding carboxylic acids is 1. The summed E-state index contributed by atoms with van der Waals surface area (Å²) in [6, 6.07) is 4.47. The maximum atomic E-state index is 11.5. The summed E-state index contributed by atoms with van der Waals surface area (Å²) < 4.78 is 0. The fourth-order valence-electron chi connectivity index (χ4n) is 4.97. The van der Waals surface area contributed by atoms with Gasteiger partial charge in [-0.05, 0) is 51.5 Å². The molecule has 1 aliphatic heterocycles. The quantitative estimate of drug-likeness (QED) is 0.235. The van der Waals surface area contributed by atoms with Gasteiger partial charge in [-0.25, -0.2) is 9.98 Å². The third-order valence-corrected chi connectivity index (χ3v) is 6.93. The highest BCUT2D eigenvalue weighted by atomic mass is 127. The number of nitrogens with two attached hydrogens (primary N) is 1. The van der Waals surface area contributed by atoms with E-state index in [9.17, 15) is 4.79 Å². The summed E-state index contributed by atoms with van der Waals surface area (Å²) in [5, 5.41) is 6.99. The lowest BCUT2D eigenvalue weighted by molar-refractivity contribution is -0.122. The fraction of sp³-hybridized carbons (Fsp3) is 0.720. The van der Waals surface area contributed by atoms with Crippen LogP contribution in [0.25, 0.3) is 0 Å². The maximum Gasteiger partial charge on any atom is 0.220 e. The van der Waals surface area contributed by atoms with E-state index in [1.54, 1.807) is 0 Å². The Bertz CT molecular complexity index is 744. The molecule has 33 heavy (non-hydrogen) atoms. The van der Waals surface area contributed by atoms with Crippen molar-refractivity contribution < 1.29 is 4.79 Å². The molecule has 1 amide bonds. The van der Waals surface area contributed by atoms with E-state index in [-0.39, 0.29) is 35.8 Å². The zero-order valence-electron chi connectivity index (χ0n) is 20.4. The molecule has 1 aromatic heterocycles. The predicted octanol–water partition coefficient (Wildman–Crippen LogP) is 4.21. The smallest absolute Gasteiger partial charge is 0.220 e. The molecule has 1 saturated heterocycles. The van der Waals surface area contributed by atoms with Crippen LogP contribution in [0.2, 0.25) is 0 Å². The van der Waals surface area contributed by atoms with Crippen LogP contribution in [0.1, 0.15) is 77.2 Å². The number of aromatic nitrogens is 1. The molecular weight excluding hydrogens is 527 g/mol. The normalized spacial score (nSPS) is 19.0. The van der Waals surface area contributed by atoms with Gasteiger partial charge in [-0.15, -0.1) is 24.0 Å². The van der Waals surface area contributed by atoms with Crippen molar-refractivity contribution in [3.05, 3.63) is 23.9 Å². The van der Waals surface area contributed by atoms with Gasteiger partial charge in [0.25, 0.3) is 0 Å². The zero-order chi connectivity index (χ0) is 22.8. The summed E-state index contributed by atoms with van der Waals surface area (Å²) in [5.74, 6) is 2.54. The minimum absolute atomic E-state index is 0. The van der Waals surface area contributed by atoms with Gasteiger partial charge in [-0.1, -0.05) is 38.2 Å². The predicted molar refractivity (Wildman–Crippen MR) is 147 cm³/mol. The molecule has 1 saturated carbocycles. The second-order valence-electron chi connectivity index (χ2n) is 9.47. The molecule has 0 bridgehead atoms. The van der Waals surface area contributed by atoms with Crippen molar-refractivity contribution >= 4 is 41.7 Å². The van der Waals surface area contributed by atoms with Gasteiger partial charge in [-0.3, -0.25) is 4.79 Å². The maximum absolute atomic E-state index is 11.5. The van der Waals surface area contributed by atoms with Crippen molar-refractivity contribution in [1.29, 1.82) is 0 Å². The van der Waals surface area contributed by atoms with Gasteiger partial charge in [0.15, 0.2) is 5.96 Å². The molecule has 2 fully saturated rings. The lowest BCUT2D eigenvalue weighted by Crippen LogP contribution is -2.42. The van der Waals surface area contributed by atoms with Gasteiger partial charge >= 0.3 is 0 Å². The second-order valence-corrected chi connectivity index (χ2v) is 9.47. The highest BCUT2D eigenvalue weighted by molar-refractivity contribution is 14.0. The molecule has 8 heteroatoms. The van der Waals surface area contributed by atoms with Gasteiger partial charge in [0.1, 0.15) is 5.82 Å². The summed E-state index contributed by atoms with van der Waals surface area (Å²) in [7, 11) is 0. The first-order valence-corrected chi connectivity index (χ1v) is 12.6. The number of primary amides is 1. The number of nitrogens with zero attached hydrogens (tertiary/aromatic N) is 3. The molecule has 1 atom stereocenters. The van der Waals surface area contributed by atoms with Crippen LogP contribution >= 0.6 is 24.0 Å². The first-order valence-electron chi connectivity index (χ1n) is 12.6. The topological polar surface area (TPSA) is 95.6 Å². The van der Waals surface area contributed by atoms with Crippen LogP contribution in [0, 0.1) is 11.8 Å². The summed E-state index contributed by atoms with van der Waals surface area (Å²) in [4.78, 5) is 23.3. The standard InChI is InChI=1S/C25H42N6O.HI/c1-3-27-25(30-19(2)11-12-20-8-5-4-6-9-20)29-18-22-10-7-15-28-24(22)31-16-13-21(14-17-31)23(26)32;/h7,10,15,19-21H,3-6,8-9,11-14,16-18H2,1-2H3,(H2,26,32)(H2,27,29,30);1H. The average molecular weight is 571 g/mol. The second kappa shape index (κ2) is 14.6. The zero-order valence-corrected chi connectivity index (χ0v) is 22.7. The third kappa shape index (κ3) is 8.94. The van der Waals surface area contributed by atoms with Gasteiger partial charge in [0.05, 0.1) is 6.54 Å². The van der Waals surface area contributed by atoms with Crippen molar-refractivity contribution in [2.45, 2.75) is 84.2 Å². The molecule has 1 aromatic rings. The molecule has 3 rings (SSSR count). The summed E-state index contributed by atoms with van der Waals surface area (Å²) >= 11 is 0. The molecule has 2 heterocycles. The van der Waals surface area contributed by atoms with E-state index in [4.69, 9.17) is 10.7 Å². The number of rotatable bonds is 9. The summed E-state index contributed by atoms with van der Waals surface area (Å²) in [6.07, 6.45) is 12.9. The fourth-order valence-corrected chi connectivity index (χ4v) is 4.97. The van der Waals surface area contributed by atoms with Crippen molar-refractivity contribution in [3.8, 4) is 0 Å². The Morgan fingerprint density at radius 3 is 2.64 bits per heavy atom. The van der Waals surface area contributed by atoms with E-state index >= 15 is 0 Å². The Labute approximate surface area is 216 Å². The lowest BCUT2D eigenvalue weighted by Gasteiger charge is -2.32. The molecule has 0 spiro atoms. The van der Waals surface area contributed by atoms with Crippen LogP contribution in [0.4, 0.5) is 5.82 Å². The van der Waals surface area contributed by atoms with Gasteiger partial charge < -0.3 is 21.3 Å². The van der Waals surface area contributed by atoms with Crippen molar-refractivity contribution in [2.24, 2.45) is 22.6 Å². The highest BCUT2D eigenvalue weighted by Crippen LogP contribution is 2.28. The minimum atomic E-state index is -0.186. The van der Waals surface area contributed by atoms with E-state index in [1.807, 2.05) is 12.3 Å². The number of amides is 1. The number of piperidine rings is 1. The molecule has 0 radical (unpaired) electrons. The SMILES string of the molecule is CCNC(=NCc1cccnc1N1CCC(C(N)=O)CC1)NC(C)CCC1CCCCC1.I. The van der Waals surface area contributed by atoms with Gasteiger partial charge in [-0.2, -0.15) is 0 Å². The summed E-state index contributed by atoms with van der Waals surface area (Å²) in [6.45, 7) is 7.37. The Morgan fingerprint density at radius 2 is 1.97 bits per heavy atom. The van der Waals surface area contributed by atoms with E-state index in [2.05, 4.69) is 40.4 Å². The number of hydrogen-bond donors (Lipinski definition) is 3. The first kappa shape index (κ1) is 27.7. The average Bonchev–Trinajstić information content (AvgIpc) is 2.82. The van der Waals surface area contributed by atoms with Crippen molar-refractivity contribution in [3.63, 3.8) is 0 Å². The van der Waals surface area contributed by atoms with Gasteiger partial charge in [0.2, 0.25) is 5.91 Å². The van der Waals surface area contributed by atoms with Crippen LogP contribution in [-0.4, -0.2) is 42.5 Å². The van der Waals surface area contributed by atoms with Crippen molar-refractivity contribution in [2.75, 3.05) is 24.5 Å². The van der Waals surface area contributed by atoms with E-state index in [0.717, 1.165) is 55.7 Å². The molecule has 0 aromatic carbocycles. The van der Waals surface area contributed by atoms with Crippen molar-refractivity contribution in [1.82, 2.24) is 15.6 Å². The Hall–Kier alpha value is -1.58. The van der Waals surface area contributed by atoms with E-state index in [0.29, 0.717) is 12.6 Å². The van der Waals surface area contributed by atoms with Gasteiger partial charge in [0, 0.05) is 43.4 Å². The number of halogens is 1. The van der Waals surface area contributed by atoms with Crippen LogP contribution < -0.4 is 21.3 Å². The molecule has 2 aliphatic rings. The third-order valence-electron chi connectivity index (χ3n) is 6.93. The number of carbonyl (C=O) groups is 1. The molecule has 4 N–H and O–H groups in total. The van der Waals surface area contributed by atoms with E-state index < -0.39 is 0 Å². The van der Waals surface area contributed by atoms with E-state index in [1.165, 1.54) is 44.9 Å². The van der Waals surface area contributed by atoms with Crippen LogP contribution in [0.3, 0.4) is 0 Å². The Balaban J connectivity index is 0.00000385. The monoisotopic (exact) mass is 570 g/mol. The molecule has 1 unspecified atom stereocenters. The lowest BCUT2D eigenvalue weighted by atomic mass is 9.85. The highest BCUT2D eigenvalue weighted by Gasteiger charge is 2.25. The van der Waals surface area contributed by atoms with Crippen LogP contribution in [0.15, 0.2) is 23.3 Å². The minimum Gasteiger partial charge on any atom is -0.369 e. The molecule has 7 nitrogen and oxygen atoms in total. The number of guanidine groups is 1. The Morgan fingerprint density at radius 1 is 1.24 bits per heavy atom. The number of aliphatic imine (C=N–C) groups is 1. The largest absolute Gasteiger partial charge is 0.369 e. The summed E-state index contributed by atoms with van der Waals surface area (Å²) in [5.41, 5.74) is 6.60.